The maximum absolute atomic E-state index is 11.7. The smallest absolute Gasteiger partial charge is 0.151 e. The minimum absolute atomic E-state index is 0.539. The lowest BCUT2D eigenvalue weighted by Gasteiger charge is -2.12. The molecule has 0 aliphatic heterocycles. The molecule has 1 aromatic heterocycles. The Morgan fingerprint density at radius 3 is 2.64 bits per heavy atom. The van der Waals surface area contributed by atoms with E-state index in [1.807, 2.05) is 57.1 Å². The van der Waals surface area contributed by atoms with E-state index in [1.165, 1.54) is 0 Å². The lowest BCUT2D eigenvalue weighted by molar-refractivity contribution is -0.103. The Labute approximate surface area is 135 Å². The van der Waals surface area contributed by atoms with Crippen molar-refractivity contribution in [3.05, 3.63) is 58.4 Å². The average molecular weight is 315 g/mol. The second-order valence-electron chi connectivity index (χ2n) is 5.43. The van der Waals surface area contributed by atoms with Crippen molar-refractivity contribution in [2.24, 2.45) is 0 Å². The Bertz CT molecular complexity index is 776. The lowest BCUT2D eigenvalue weighted by Crippen LogP contribution is -2.03. The topological polar surface area (TPSA) is 33.2 Å². The van der Waals surface area contributed by atoms with Gasteiger partial charge < -0.3 is 4.90 Å². The zero-order valence-electron chi connectivity index (χ0n) is 13.2. The zero-order valence-corrected chi connectivity index (χ0v) is 14.0. The maximum Gasteiger partial charge on any atom is 0.151 e. The molecule has 1 aromatic carbocycles. The van der Waals surface area contributed by atoms with Gasteiger partial charge in [0.25, 0.3) is 0 Å². The molecule has 0 saturated heterocycles. The van der Waals surface area contributed by atoms with Crippen LogP contribution in [0, 0.1) is 6.92 Å². The molecule has 114 valence electrons. The van der Waals surface area contributed by atoms with Crippen LogP contribution in [-0.2, 0) is 4.79 Å². The van der Waals surface area contributed by atoms with Crippen LogP contribution in [-0.4, -0.2) is 30.3 Å². The third-order valence-electron chi connectivity index (χ3n) is 3.53. The van der Waals surface area contributed by atoms with Crippen molar-refractivity contribution in [2.45, 2.75) is 13.8 Å². The van der Waals surface area contributed by atoms with Gasteiger partial charge in [-0.1, -0.05) is 29.8 Å². The summed E-state index contributed by atoms with van der Waals surface area (Å²) >= 11 is 6.31. The Kier molecular flexibility index (Phi) is 4.99. The van der Waals surface area contributed by atoms with Gasteiger partial charge >= 0.3 is 0 Å². The van der Waals surface area contributed by atoms with Crippen LogP contribution in [0.3, 0.4) is 0 Å². The molecule has 0 bridgehead atoms. The van der Waals surface area contributed by atoms with E-state index in [9.17, 15) is 4.79 Å². The molecular weight excluding hydrogens is 296 g/mol. The summed E-state index contributed by atoms with van der Waals surface area (Å²) in [4.78, 5) is 18.0. The van der Waals surface area contributed by atoms with E-state index in [-0.39, 0.29) is 0 Å². The van der Waals surface area contributed by atoms with Crippen molar-refractivity contribution < 1.29 is 4.79 Å². The van der Waals surface area contributed by atoms with Crippen LogP contribution >= 0.6 is 11.6 Å². The predicted molar refractivity (Wildman–Crippen MR) is 92.8 cm³/mol. The number of rotatable bonds is 4. The maximum atomic E-state index is 11.7. The van der Waals surface area contributed by atoms with E-state index < -0.39 is 0 Å². The second-order valence-corrected chi connectivity index (χ2v) is 5.83. The molecule has 0 N–H and O–H groups in total. The van der Waals surface area contributed by atoms with Crippen LogP contribution in [0.4, 0.5) is 0 Å². The minimum atomic E-state index is 0.539. The normalized spacial score (nSPS) is 13.0. The first kappa shape index (κ1) is 16.2. The van der Waals surface area contributed by atoms with Crippen molar-refractivity contribution >= 4 is 34.4 Å². The molecule has 3 nitrogen and oxygen atoms in total. The van der Waals surface area contributed by atoms with Crippen LogP contribution < -0.4 is 0 Å². The standard InChI is InChI=1S/C18H19ClN2O/c1-12-7-8-15(18-14(12)6-5-9-20-18)16(11-22)13(2)17(19)10-21(3)4/h5-11H,1-4H3/b16-13+,17-10+. The highest BCUT2D eigenvalue weighted by atomic mass is 35.5. The van der Waals surface area contributed by atoms with Gasteiger partial charge in [-0.05, 0) is 31.1 Å². The first-order valence-electron chi connectivity index (χ1n) is 7.00. The van der Waals surface area contributed by atoms with Crippen molar-refractivity contribution in [1.82, 2.24) is 9.88 Å². The molecule has 0 spiro atoms. The van der Waals surface area contributed by atoms with E-state index >= 15 is 0 Å². The van der Waals surface area contributed by atoms with Crippen molar-refractivity contribution in [1.29, 1.82) is 0 Å². The lowest BCUT2D eigenvalue weighted by atomic mass is 9.96. The highest BCUT2D eigenvalue weighted by molar-refractivity contribution is 6.33. The molecule has 2 aromatic rings. The van der Waals surface area contributed by atoms with Gasteiger partial charge in [-0.2, -0.15) is 0 Å². The molecule has 0 unspecified atom stereocenters. The van der Waals surface area contributed by atoms with E-state index in [0.29, 0.717) is 10.6 Å². The molecule has 0 radical (unpaired) electrons. The summed E-state index contributed by atoms with van der Waals surface area (Å²) in [5.41, 5.74) is 4.05. The monoisotopic (exact) mass is 314 g/mol. The highest BCUT2D eigenvalue weighted by Gasteiger charge is 2.13. The van der Waals surface area contributed by atoms with E-state index in [1.54, 1.807) is 12.4 Å². The Morgan fingerprint density at radius 2 is 2.00 bits per heavy atom. The van der Waals surface area contributed by atoms with Crippen LogP contribution in [0.2, 0.25) is 0 Å². The van der Waals surface area contributed by atoms with Crippen molar-refractivity contribution in [3.63, 3.8) is 0 Å². The fraction of sp³-hybridized carbons (Fsp3) is 0.222. The number of fused-ring (bicyclic) bond motifs is 1. The predicted octanol–water partition coefficient (Wildman–Crippen LogP) is 4.16. The number of nitrogens with zero attached hydrogens (tertiary/aromatic N) is 2. The van der Waals surface area contributed by atoms with E-state index in [2.05, 4.69) is 4.98 Å². The van der Waals surface area contributed by atoms with Gasteiger partial charge in [-0.25, -0.2) is 0 Å². The summed E-state index contributed by atoms with van der Waals surface area (Å²) in [5.74, 6) is 0. The number of carbonyl (C=O) groups excluding carboxylic acids is 1. The largest absolute Gasteiger partial charge is 0.382 e. The molecule has 0 saturated carbocycles. The number of hydrogen-bond donors (Lipinski definition) is 0. The molecular formula is C18H19ClN2O. The number of pyridine rings is 1. The number of allylic oxidation sites excluding steroid dienone is 3. The summed E-state index contributed by atoms with van der Waals surface area (Å²) in [7, 11) is 3.78. The van der Waals surface area contributed by atoms with Crippen LogP contribution in [0.5, 0.6) is 0 Å². The van der Waals surface area contributed by atoms with Gasteiger partial charge in [0, 0.05) is 43.0 Å². The number of halogens is 1. The summed E-state index contributed by atoms with van der Waals surface area (Å²) in [6, 6.07) is 7.84. The molecule has 0 amide bonds. The quantitative estimate of drug-likeness (QED) is 0.483. The first-order chi connectivity index (χ1) is 10.5. The molecule has 2 rings (SSSR count). The van der Waals surface area contributed by atoms with Crippen LogP contribution in [0.25, 0.3) is 16.5 Å². The molecule has 0 atom stereocenters. The van der Waals surface area contributed by atoms with Gasteiger partial charge in [0.1, 0.15) is 0 Å². The number of aryl methyl sites for hydroxylation is 1. The number of aldehydes is 1. The number of carbonyl (C=O) groups is 1. The molecule has 0 fully saturated rings. The molecule has 22 heavy (non-hydrogen) atoms. The summed E-state index contributed by atoms with van der Waals surface area (Å²) < 4.78 is 0. The fourth-order valence-corrected chi connectivity index (χ4v) is 2.64. The van der Waals surface area contributed by atoms with E-state index in [4.69, 9.17) is 11.6 Å². The third kappa shape index (κ3) is 3.20. The molecule has 0 aliphatic rings. The average Bonchev–Trinajstić information content (AvgIpc) is 2.49. The number of benzene rings is 1. The first-order valence-corrected chi connectivity index (χ1v) is 7.38. The number of aromatic nitrogens is 1. The Morgan fingerprint density at radius 1 is 1.27 bits per heavy atom. The van der Waals surface area contributed by atoms with E-state index in [0.717, 1.165) is 33.9 Å². The van der Waals surface area contributed by atoms with Gasteiger partial charge in [0.15, 0.2) is 6.29 Å². The Balaban J connectivity index is 2.72. The third-order valence-corrected chi connectivity index (χ3v) is 3.91. The summed E-state index contributed by atoms with van der Waals surface area (Å²) in [6.45, 7) is 3.88. The molecule has 0 aliphatic carbocycles. The van der Waals surface area contributed by atoms with Crippen LogP contribution in [0.1, 0.15) is 18.1 Å². The summed E-state index contributed by atoms with van der Waals surface area (Å²) in [5, 5.41) is 1.58. The summed E-state index contributed by atoms with van der Waals surface area (Å²) in [6.07, 6.45) is 4.37. The number of hydrogen-bond acceptors (Lipinski definition) is 3. The molecule has 1 heterocycles. The SMILES string of the molecule is CC(=C(/C=O)c1ccc(C)c2cccnc12)/C(Cl)=C\N(C)C. The van der Waals surface area contributed by atoms with Crippen LogP contribution in [0.15, 0.2) is 47.3 Å². The van der Waals surface area contributed by atoms with Gasteiger partial charge in [-0.15, -0.1) is 0 Å². The fourth-order valence-electron chi connectivity index (χ4n) is 2.34. The van der Waals surface area contributed by atoms with Crippen molar-refractivity contribution in [2.75, 3.05) is 14.1 Å². The Hall–Kier alpha value is -2.13. The van der Waals surface area contributed by atoms with Gasteiger partial charge in [-0.3, -0.25) is 9.78 Å². The zero-order chi connectivity index (χ0) is 16.3. The minimum Gasteiger partial charge on any atom is -0.382 e. The highest BCUT2D eigenvalue weighted by Crippen LogP contribution is 2.30. The van der Waals surface area contributed by atoms with Gasteiger partial charge in [0.2, 0.25) is 0 Å². The van der Waals surface area contributed by atoms with Gasteiger partial charge in [0.05, 0.1) is 10.5 Å². The second kappa shape index (κ2) is 6.75. The van der Waals surface area contributed by atoms with Crippen molar-refractivity contribution in [3.8, 4) is 0 Å². The molecule has 4 heteroatoms.